The molecule has 150 valence electrons. The van der Waals surface area contributed by atoms with Crippen molar-refractivity contribution in [1.82, 2.24) is 0 Å². The summed E-state index contributed by atoms with van der Waals surface area (Å²) < 4.78 is 5.18. The molecule has 0 bridgehead atoms. The molecule has 0 radical (unpaired) electrons. The number of hydrogen-bond acceptors (Lipinski definition) is 4. The monoisotopic (exact) mass is 390 g/mol. The quantitative estimate of drug-likeness (QED) is 0.384. The zero-order valence-electron chi connectivity index (χ0n) is 16.7. The van der Waals surface area contributed by atoms with Crippen molar-refractivity contribution in [1.29, 1.82) is 0 Å². The van der Waals surface area contributed by atoms with E-state index in [0.717, 1.165) is 30.3 Å². The molecule has 3 saturated carbocycles. The van der Waals surface area contributed by atoms with Crippen LogP contribution in [0.3, 0.4) is 0 Å². The first kappa shape index (κ1) is 20.9. The minimum atomic E-state index is -0.544. The van der Waals surface area contributed by atoms with Crippen LogP contribution in [0.2, 0.25) is 0 Å². The summed E-state index contributed by atoms with van der Waals surface area (Å²) in [5, 5.41) is 10.2. The molecule has 0 aromatic heterocycles. The Bertz CT molecular complexity index is 638. The highest BCUT2D eigenvalue weighted by Gasteiger charge is 2.50. The smallest absolute Gasteiger partial charge is 0.120 e. The third-order valence-corrected chi connectivity index (χ3v) is 7.89. The fraction of sp³-hybridized carbons (Fsp3) is 0.696. The van der Waals surface area contributed by atoms with Crippen LogP contribution in [-0.4, -0.2) is 23.6 Å². The van der Waals surface area contributed by atoms with Gasteiger partial charge in [-0.1, -0.05) is 38.2 Å². The Labute approximate surface area is 169 Å². The number of rotatable bonds is 5. The Morgan fingerprint density at radius 2 is 2.19 bits per heavy atom. The lowest BCUT2D eigenvalue weighted by Gasteiger charge is -2.44. The van der Waals surface area contributed by atoms with Gasteiger partial charge in [0.2, 0.25) is 0 Å². The van der Waals surface area contributed by atoms with Crippen molar-refractivity contribution in [2.75, 3.05) is 0 Å². The predicted octanol–water partition coefficient (Wildman–Crippen LogP) is 5.22. The van der Waals surface area contributed by atoms with Crippen molar-refractivity contribution in [2.45, 2.75) is 77.4 Å². The Balaban J connectivity index is 1.81. The van der Waals surface area contributed by atoms with Crippen LogP contribution in [0.4, 0.5) is 0 Å². The van der Waals surface area contributed by atoms with Crippen LogP contribution in [0.15, 0.2) is 35.5 Å². The van der Waals surface area contributed by atoms with Crippen LogP contribution in [0.25, 0.3) is 0 Å². The second-order valence-electron chi connectivity index (χ2n) is 9.12. The van der Waals surface area contributed by atoms with Gasteiger partial charge < -0.3 is 14.1 Å². The normalized spacial score (nSPS) is 41.0. The number of aliphatic hydroxyl groups excluding tert-OH is 1. The van der Waals surface area contributed by atoms with Gasteiger partial charge >= 0.3 is 0 Å². The molecule has 4 heteroatoms. The SMILES string of the molecule is C=C1/C(=C\C=C2/CCC[C@]3(C)[C@@H]([C@H](C)CC=O)CC[C@@H]23)C[C@@H](OS)C[C@@H]1O. The average Bonchev–Trinajstić information content (AvgIpc) is 3.00. The second kappa shape index (κ2) is 8.67. The maximum atomic E-state index is 11.0. The molecule has 27 heavy (non-hydrogen) atoms. The zero-order valence-corrected chi connectivity index (χ0v) is 17.6. The minimum absolute atomic E-state index is 0.0600. The van der Waals surface area contributed by atoms with E-state index in [4.69, 9.17) is 4.18 Å². The molecule has 0 aliphatic heterocycles. The number of carbonyl (C=O) groups excluding carboxylic acids is 1. The third kappa shape index (κ3) is 4.13. The van der Waals surface area contributed by atoms with E-state index in [-0.39, 0.29) is 6.10 Å². The summed E-state index contributed by atoms with van der Waals surface area (Å²) in [6.07, 6.45) is 13.0. The van der Waals surface area contributed by atoms with Gasteiger partial charge in [-0.25, -0.2) is 0 Å². The summed E-state index contributed by atoms with van der Waals surface area (Å²) in [7, 11) is 0. The lowest BCUT2D eigenvalue weighted by molar-refractivity contribution is -0.109. The molecule has 6 atom stereocenters. The molecule has 0 aromatic rings. The van der Waals surface area contributed by atoms with Crippen molar-refractivity contribution < 1.29 is 14.1 Å². The summed E-state index contributed by atoms with van der Waals surface area (Å²) in [4.78, 5) is 11.0. The molecule has 3 fully saturated rings. The van der Waals surface area contributed by atoms with Gasteiger partial charge in [-0.15, -0.1) is 0 Å². The Morgan fingerprint density at radius 1 is 1.41 bits per heavy atom. The van der Waals surface area contributed by atoms with Crippen molar-refractivity contribution in [3.8, 4) is 0 Å². The summed E-state index contributed by atoms with van der Waals surface area (Å²) in [6, 6.07) is 0. The van der Waals surface area contributed by atoms with Gasteiger partial charge in [0.15, 0.2) is 0 Å². The highest BCUT2D eigenvalue weighted by atomic mass is 32.1. The fourth-order valence-corrected chi connectivity index (χ4v) is 6.22. The molecule has 0 unspecified atom stereocenters. The first-order valence-corrected chi connectivity index (χ1v) is 10.8. The van der Waals surface area contributed by atoms with Crippen molar-refractivity contribution in [3.63, 3.8) is 0 Å². The average molecular weight is 391 g/mol. The number of hydrogen-bond donors (Lipinski definition) is 2. The van der Waals surface area contributed by atoms with Crippen LogP contribution in [0, 0.1) is 23.2 Å². The molecule has 3 rings (SSSR count). The summed E-state index contributed by atoms with van der Waals surface area (Å²) in [5.41, 5.74) is 3.74. The number of aldehydes is 1. The van der Waals surface area contributed by atoms with Crippen LogP contribution < -0.4 is 0 Å². The first-order chi connectivity index (χ1) is 12.9. The predicted molar refractivity (Wildman–Crippen MR) is 112 cm³/mol. The molecule has 0 heterocycles. The molecular formula is C23H34O3S. The zero-order chi connectivity index (χ0) is 19.6. The third-order valence-electron chi connectivity index (χ3n) is 7.59. The van der Waals surface area contributed by atoms with Crippen LogP contribution in [0.1, 0.15) is 65.2 Å². The van der Waals surface area contributed by atoms with E-state index in [1.165, 1.54) is 31.3 Å². The van der Waals surface area contributed by atoms with E-state index in [1.54, 1.807) is 0 Å². The number of fused-ring (bicyclic) bond motifs is 1. The number of thiol groups is 1. The van der Waals surface area contributed by atoms with E-state index in [9.17, 15) is 9.90 Å². The van der Waals surface area contributed by atoms with Gasteiger partial charge in [0.25, 0.3) is 0 Å². The van der Waals surface area contributed by atoms with Crippen LogP contribution in [-0.2, 0) is 8.98 Å². The number of carbonyl (C=O) groups is 1. The maximum Gasteiger partial charge on any atom is 0.120 e. The fourth-order valence-electron chi connectivity index (χ4n) is 6.06. The molecule has 3 aliphatic rings. The summed E-state index contributed by atoms with van der Waals surface area (Å²) in [5.74, 6) is 1.72. The second-order valence-corrected chi connectivity index (χ2v) is 9.33. The molecule has 0 aromatic carbocycles. The summed E-state index contributed by atoms with van der Waals surface area (Å²) in [6.45, 7) is 8.78. The summed E-state index contributed by atoms with van der Waals surface area (Å²) >= 11 is 3.94. The highest BCUT2D eigenvalue weighted by molar-refractivity contribution is 7.75. The van der Waals surface area contributed by atoms with Crippen molar-refractivity contribution >= 4 is 19.2 Å². The molecule has 0 saturated heterocycles. The first-order valence-electron chi connectivity index (χ1n) is 10.4. The molecule has 0 amide bonds. The molecule has 3 nitrogen and oxygen atoms in total. The topological polar surface area (TPSA) is 46.5 Å². The lowest BCUT2D eigenvalue weighted by atomic mass is 9.61. The van der Waals surface area contributed by atoms with Gasteiger partial charge in [0.1, 0.15) is 6.29 Å². The van der Waals surface area contributed by atoms with E-state index >= 15 is 0 Å². The molecular weight excluding hydrogens is 356 g/mol. The molecule has 1 N–H and O–H groups in total. The lowest BCUT2D eigenvalue weighted by Crippen LogP contribution is -2.36. The van der Waals surface area contributed by atoms with E-state index < -0.39 is 6.10 Å². The molecule has 3 aliphatic carbocycles. The standard InChI is InChI=1S/C23H34O3S/c1-15(10-12-24)20-8-9-21-17(5-4-11-23(20,21)3)6-7-18-13-19(26-27)14-22(25)16(18)2/h6-7,12,15,19-22,25,27H,2,4-5,8-11,13-14H2,1,3H3/b17-6+,18-7-/t15-,19-,20-,21+,22+,23-/m1/s1. The van der Waals surface area contributed by atoms with Crippen LogP contribution >= 0.6 is 12.9 Å². The van der Waals surface area contributed by atoms with Gasteiger partial charge in [-0.2, -0.15) is 0 Å². The maximum absolute atomic E-state index is 11.0. The van der Waals surface area contributed by atoms with Gasteiger partial charge in [0, 0.05) is 19.3 Å². The van der Waals surface area contributed by atoms with Crippen molar-refractivity contribution in [3.05, 3.63) is 35.5 Å². The van der Waals surface area contributed by atoms with E-state index in [1.807, 2.05) is 0 Å². The Morgan fingerprint density at radius 3 is 2.89 bits per heavy atom. The van der Waals surface area contributed by atoms with Gasteiger partial charge in [-0.3, -0.25) is 0 Å². The van der Waals surface area contributed by atoms with Gasteiger partial charge in [-0.05, 0) is 79.3 Å². The number of aliphatic hydroxyl groups is 1. The minimum Gasteiger partial charge on any atom is -0.388 e. The van der Waals surface area contributed by atoms with Gasteiger partial charge in [0.05, 0.1) is 12.2 Å². The number of allylic oxidation sites excluding steroid dienone is 3. The Kier molecular flexibility index (Phi) is 6.70. The van der Waals surface area contributed by atoms with E-state index in [2.05, 4.69) is 45.5 Å². The van der Waals surface area contributed by atoms with Crippen molar-refractivity contribution in [2.24, 2.45) is 23.2 Å². The highest BCUT2D eigenvalue weighted by Crippen LogP contribution is 2.59. The molecule has 0 spiro atoms. The van der Waals surface area contributed by atoms with E-state index in [0.29, 0.717) is 36.0 Å². The largest absolute Gasteiger partial charge is 0.388 e. The van der Waals surface area contributed by atoms with Crippen LogP contribution in [0.5, 0.6) is 0 Å². The Hall–Kier alpha value is -0.840.